The molecule has 2 aromatic heterocycles. The van der Waals surface area contributed by atoms with Crippen LogP contribution in [0.4, 0.5) is 0 Å². The van der Waals surface area contributed by atoms with Crippen molar-refractivity contribution in [1.82, 2.24) is 14.6 Å². The number of halogens is 1. The summed E-state index contributed by atoms with van der Waals surface area (Å²) in [4.78, 5) is 4.48. The minimum atomic E-state index is 0.453. The highest BCUT2D eigenvalue weighted by molar-refractivity contribution is 6.30. The van der Waals surface area contributed by atoms with Crippen molar-refractivity contribution >= 4 is 17.2 Å². The van der Waals surface area contributed by atoms with Crippen LogP contribution < -0.4 is 0 Å². The number of hydrogen-bond acceptors (Lipinski definition) is 2. The van der Waals surface area contributed by atoms with E-state index in [1.54, 1.807) is 4.52 Å². The third kappa shape index (κ3) is 2.04. The molecule has 2 heterocycles. The molecule has 0 aliphatic rings. The molecule has 2 aromatic rings. The third-order valence-electron chi connectivity index (χ3n) is 3.04. The summed E-state index contributed by atoms with van der Waals surface area (Å²) in [7, 11) is 0. The molecule has 0 fully saturated rings. The van der Waals surface area contributed by atoms with Crippen molar-refractivity contribution in [2.75, 3.05) is 0 Å². The van der Waals surface area contributed by atoms with Gasteiger partial charge in [0.25, 0.3) is 0 Å². The molecular formula is C13H18ClN3. The van der Waals surface area contributed by atoms with Crippen LogP contribution in [0.2, 0.25) is 5.15 Å². The van der Waals surface area contributed by atoms with E-state index in [-0.39, 0.29) is 0 Å². The van der Waals surface area contributed by atoms with Crippen LogP contribution in [0.5, 0.6) is 0 Å². The first-order chi connectivity index (χ1) is 8.08. The van der Waals surface area contributed by atoms with Crippen molar-refractivity contribution in [3.05, 3.63) is 28.2 Å². The van der Waals surface area contributed by atoms with Crippen LogP contribution in [0.25, 0.3) is 5.65 Å². The third-order valence-corrected chi connectivity index (χ3v) is 3.42. The summed E-state index contributed by atoms with van der Waals surface area (Å²) in [5, 5.41) is 5.12. The summed E-state index contributed by atoms with van der Waals surface area (Å²) in [5.41, 5.74) is 3.31. The van der Waals surface area contributed by atoms with E-state index in [4.69, 9.17) is 11.6 Å². The fraction of sp³-hybridized carbons (Fsp3) is 0.538. The lowest BCUT2D eigenvalue weighted by Gasteiger charge is -2.13. The van der Waals surface area contributed by atoms with E-state index >= 15 is 0 Å². The Hall–Kier alpha value is -1.09. The van der Waals surface area contributed by atoms with Gasteiger partial charge in [0.1, 0.15) is 5.15 Å². The first-order valence-corrected chi connectivity index (χ1v) is 6.53. The van der Waals surface area contributed by atoms with Crippen molar-refractivity contribution in [3.63, 3.8) is 0 Å². The predicted molar refractivity (Wildman–Crippen MR) is 70.8 cm³/mol. The van der Waals surface area contributed by atoms with Crippen molar-refractivity contribution in [1.29, 1.82) is 0 Å². The second-order valence-corrected chi connectivity index (χ2v) is 4.89. The fourth-order valence-electron chi connectivity index (χ4n) is 2.09. The zero-order valence-electron chi connectivity index (χ0n) is 10.8. The Morgan fingerprint density at radius 3 is 2.53 bits per heavy atom. The molecule has 0 N–H and O–H groups in total. The summed E-state index contributed by atoms with van der Waals surface area (Å²) >= 11 is 6.42. The number of aromatic nitrogens is 3. The van der Waals surface area contributed by atoms with Crippen LogP contribution in [0.3, 0.4) is 0 Å². The minimum Gasteiger partial charge on any atom is -0.212 e. The van der Waals surface area contributed by atoms with Crippen molar-refractivity contribution in [3.8, 4) is 0 Å². The second kappa shape index (κ2) is 4.65. The standard InChI is InChI=1S/C13H18ClN3/c1-5-9-10(8(3)4)7-12-15-11(6-2)16-17(12)13(9)14/h7-8H,5-6H2,1-4H3. The lowest BCUT2D eigenvalue weighted by atomic mass is 9.98. The molecular weight excluding hydrogens is 234 g/mol. The highest BCUT2D eigenvalue weighted by Crippen LogP contribution is 2.28. The van der Waals surface area contributed by atoms with Gasteiger partial charge in [-0.15, -0.1) is 5.10 Å². The molecule has 0 unspecified atom stereocenters. The number of pyridine rings is 1. The molecule has 0 bridgehead atoms. The van der Waals surface area contributed by atoms with Crippen LogP contribution in [0.1, 0.15) is 50.6 Å². The lowest BCUT2D eigenvalue weighted by Crippen LogP contribution is -2.02. The predicted octanol–water partition coefficient (Wildman–Crippen LogP) is 3.63. The quantitative estimate of drug-likeness (QED) is 0.780. The van der Waals surface area contributed by atoms with Crippen molar-refractivity contribution < 1.29 is 0 Å². The number of nitrogens with zero attached hydrogens (tertiary/aromatic N) is 3. The van der Waals surface area contributed by atoms with Gasteiger partial charge in [0.15, 0.2) is 11.5 Å². The average molecular weight is 252 g/mol. The molecule has 0 aliphatic heterocycles. The molecule has 0 radical (unpaired) electrons. The Bertz CT molecular complexity index is 543. The first-order valence-electron chi connectivity index (χ1n) is 6.15. The number of fused-ring (bicyclic) bond motifs is 1. The highest BCUT2D eigenvalue weighted by atomic mass is 35.5. The molecule has 92 valence electrons. The van der Waals surface area contributed by atoms with E-state index in [1.165, 1.54) is 11.1 Å². The maximum atomic E-state index is 6.42. The maximum Gasteiger partial charge on any atom is 0.157 e. The average Bonchev–Trinajstić information content (AvgIpc) is 2.72. The molecule has 0 saturated carbocycles. The summed E-state index contributed by atoms with van der Waals surface area (Å²) in [6.07, 6.45) is 1.75. The number of hydrogen-bond donors (Lipinski definition) is 0. The second-order valence-electron chi connectivity index (χ2n) is 4.53. The minimum absolute atomic E-state index is 0.453. The van der Waals surface area contributed by atoms with E-state index in [0.29, 0.717) is 11.1 Å². The van der Waals surface area contributed by atoms with Crippen LogP contribution in [0.15, 0.2) is 6.07 Å². The van der Waals surface area contributed by atoms with Crippen molar-refractivity contribution in [2.24, 2.45) is 0 Å². The highest BCUT2D eigenvalue weighted by Gasteiger charge is 2.15. The lowest BCUT2D eigenvalue weighted by molar-refractivity contribution is 0.821. The summed E-state index contributed by atoms with van der Waals surface area (Å²) in [6.45, 7) is 8.53. The molecule has 0 atom stereocenters. The van der Waals surface area contributed by atoms with E-state index in [0.717, 1.165) is 24.3 Å². The Morgan fingerprint density at radius 2 is 2.00 bits per heavy atom. The monoisotopic (exact) mass is 251 g/mol. The Kier molecular flexibility index (Phi) is 3.38. The summed E-state index contributed by atoms with van der Waals surface area (Å²) in [6, 6.07) is 2.11. The largest absolute Gasteiger partial charge is 0.212 e. The van der Waals surface area contributed by atoms with E-state index in [2.05, 4.69) is 36.9 Å². The molecule has 0 amide bonds. The molecule has 0 aliphatic carbocycles. The molecule has 17 heavy (non-hydrogen) atoms. The van der Waals surface area contributed by atoms with Gasteiger partial charge in [0.2, 0.25) is 0 Å². The summed E-state index contributed by atoms with van der Waals surface area (Å²) < 4.78 is 1.76. The van der Waals surface area contributed by atoms with Gasteiger partial charge in [-0.25, -0.2) is 9.50 Å². The molecule has 0 spiro atoms. The van der Waals surface area contributed by atoms with E-state index in [1.807, 2.05) is 6.92 Å². The topological polar surface area (TPSA) is 30.2 Å². The van der Waals surface area contributed by atoms with E-state index in [9.17, 15) is 0 Å². The van der Waals surface area contributed by atoms with E-state index < -0.39 is 0 Å². The van der Waals surface area contributed by atoms with Gasteiger partial charge in [-0.05, 0) is 29.5 Å². The van der Waals surface area contributed by atoms with Crippen LogP contribution in [0, 0.1) is 0 Å². The van der Waals surface area contributed by atoms with Gasteiger partial charge < -0.3 is 0 Å². The number of aryl methyl sites for hydroxylation is 1. The van der Waals surface area contributed by atoms with Gasteiger partial charge in [-0.3, -0.25) is 0 Å². The Balaban J connectivity index is 2.75. The summed E-state index contributed by atoms with van der Waals surface area (Å²) in [5.74, 6) is 1.30. The molecule has 4 heteroatoms. The van der Waals surface area contributed by atoms with Gasteiger partial charge in [0, 0.05) is 6.42 Å². The SMILES string of the molecule is CCc1nc2cc(C(C)C)c(CC)c(Cl)n2n1. The van der Waals surface area contributed by atoms with Gasteiger partial charge in [0.05, 0.1) is 0 Å². The zero-order chi connectivity index (χ0) is 12.6. The Labute approximate surface area is 107 Å². The first kappa shape index (κ1) is 12.4. The van der Waals surface area contributed by atoms with Crippen LogP contribution in [-0.2, 0) is 12.8 Å². The van der Waals surface area contributed by atoms with Crippen molar-refractivity contribution in [2.45, 2.75) is 46.5 Å². The molecule has 0 saturated heterocycles. The van der Waals surface area contributed by atoms with Crippen LogP contribution in [-0.4, -0.2) is 14.6 Å². The fourth-order valence-corrected chi connectivity index (χ4v) is 2.46. The Morgan fingerprint density at radius 1 is 1.29 bits per heavy atom. The molecule has 0 aromatic carbocycles. The normalized spacial score (nSPS) is 11.6. The van der Waals surface area contributed by atoms with Gasteiger partial charge in [-0.2, -0.15) is 0 Å². The number of rotatable bonds is 3. The molecule has 3 nitrogen and oxygen atoms in total. The molecule has 2 rings (SSSR count). The smallest absolute Gasteiger partial charge is 0.157 e. The zero-order valence-corrected chi connectivity index (χ0v) is 11.5. The maximum absolute atomic E-state index is 6.42. The van der Waals surface area contributed by atoms with Gasteiger partial charge in [-0.1, -0.05) is 39.3 Å². The van der Waals surface area contributed by atoms with Gasteiger partial charge >= 0.3 is 0 Å². The van der Waals surface area contributed by atoms with Crippen LogP contribution >= 0.6 is 11.6 Å².